The summed E-state index contributed by atoms with van der Waals surface area (Å²) in [5.74, 6) is 0.645. The molecule has 3 rings (SSSR count). The SMILES string of the molecule is CC.CC.CCC.Oc1ccc2ccccc2c1.Oc1ccccc1. The molecule has 0 saturated carbocycles. The molecular formula is C23H34O2. The normalized spacial score (nSPS) is 8.08. The first-order valence-corrected chi connectivity index (χ1v) is 9.09. The second kappa shape index (κ2) is 17.9. The van der Waals surface area contributed by atoms with Crippen molar-refractivity contribution in [3.63, 3.8) is 0 Å². The van der Waals surface area contributed by atoms with Crippen LogP contribution >= 0.6 is 0 Å². The Labute approximate surface area is 153 Å². The van der Waals surface area contributed by atoms with Crippen molar-refractivity contribution in [1.29, 1.82) is 0 Å². The Morgan fingerprint density at radius 3 is 1.44 bits per heavy atom. The first kappa shape index (κ1) is 24.8. The molecule has 0 aliphatic rings. The van der Waals surface area contributed by atoms with Crippen LogP contribution in [-0.4, -0.2) is 10.2 Å². The first-order chi connectivity index (χ1) is 12.2. The highest BCUT2D eigenvalue weighted by Gasteiger charge is 1.91. The van der Waals surface area contributed by atoms with E-state index in [0.29, 0.717) is 11.5 Å². The van der Waals surface area contributed by atoms with Crippen LogP contribution in [0.4, 0.5) is 0 Å². The number of benzene rings is 3. The van der Waals surface area contributed by atoms with Gasteiger partial charge < -0.3 is 10.2 Å². The molecule has 138 valence electrons. The Bertz CT molecular complexity index is 634. The molecule has 3 aromatic rings. The van der Waals surface area contributed by atoms with Gasteiger partial charge in [-0.25, -0.2) is 0 Å². The molecule has 2 N–H and O–H groups in total. The van der Waals surface area contributed by atoms with Gasteiger partial charge in [0.1, 0.15) is 11.5 Å². The molecule has 0 spiro atoms. The van der Waals surface area contributed by atoms with E-state index < -0.39 is 0 Å². The molecule has 0 saturated heterocycles. The van der Waals surface area contributed by atoms with Crippen molar-refractivity contribution in [3.05, 3.63) is 72.8 Å². The fourth-order valence-corrected chi connectivity index (χ4v) is 1.60. The summed E-state index contributed by atoms with van der Waals surface area (Å²) in [6, 6.07) is 22.0. The molecule has 0 unspecified atom stereocenters. The second-order valence-corrected chi connectivity index (χ2v) is 4.57. The van der Waals surface area contributed by atoms with Gasteiger partial charge in [0.2, 0.25) is 0 Å². The average molecular weight is 343 g/mol. The summed E-state index contributed by atoms with van der Waals surface area (Å²) in [6.07, 6.45) is 1.25. The molecular weight excluding hydrogens is 308 g/mol. The van der Waals surface area contributed by atoms with Gasteiger partial charge in [0.15, 0.2) is 0 Å². The van der Waals surface area contributed by atoms with Crippen LogP contribution in [0, 0.1) is 0 Å². The fourth-order valence-electron chi connectivity index (χ4n) is 1.60. The quantitative estimate of drug-likeness (QED) is 0.446. The number of rotatable bonds is 0. The first-order valence-electron chi connectivity index (χ1n) is 9.09. The molecule has 25 heavy (non-hydrogen) atoms. The van der Waals surface area contributed by atoms with Crippen LogP contribution < -0.4 is 0 Å². The highest BCUT2D eigenvalue weighted by Crippen LogP contribution is 2.18. The largest absolute Gasteiger partial charge is 0.508 e. The van der Waals surface area contributed by atoms with Gasteiger partial charge >= 0.3 is 0 Å². The van der Waals surface area contributed by atoms with Gasteiger partial charge in [0.05, 0.1) is 0 Å². The lowest BCUT2D eigenvalue weighted by atomic mass is 10.1. The predicted molar refractivity (Wildman–Crippen MR) is 112 cm³/mol. The van der Waals surface area contributed by atoms with E-state index >= 15 is 0 Å². The molecule has 2 nitrogen and oxygen atoms in total. The van der Waals surface area contributed by atoms with Crippen LogP contribution in [0.2, 0.25) is 0 Å². The number of hydrogen-bond donors (Lipinski definition) is 2. The van der Waals surface area contributed by atoms with Crippen molar-refractivity contribution in [3.8, 4) is 11.5 Å². The minimum Gasteiger partial charge on any atom is -0.508 e. The Balaban J connectivity index is 0. The smallest absolute Gasteiger partial charge is 0.116 e. The van der Waals surface area contributed by atoms with Crippen LogP contribution in [0.15, 0.2) is 72.8 Å². The zero-order valence-corrected chi connectivity index (χ0v) is 16.5. The van der Waals surface area contributed by atoms with E-state index in [-0.39, 0.29) is 0 Å². The Hall–Kier alpha value is -2.48. The minimum absolute atomic E-state index is 0.322. The number of para-hydroxylation sites is 1. The molecule has 2 heteroatoms. The Morgan fingerprint density at radius 2 is 1.00 bits per heavy atom. The van der Waals surface area contributed by atoms with Crippen LogP contribution in [0.1, 0.15) is 48.0 Å². The second-order valence-electron chi connectivity index (χ2n) is 4.57. The van der Waals surface area contributed by atoms with Gasteiger partial charge in [-0.15, -0.1) is 0 Å². The highest BCUT2D eigenvalue weighted by atomic mass is 16.3. The van der Waals surface area contributed by atoms with Gasteiger partial charge in [-0.1, -0.05) is 96.5 Å². The topological polar surface area (TPSA) is 40.5 Å². The van der Waals surface area contributed by atoms with Gasteiger partial charge in [0.25, 0.3) is 0 Å². The lowest BCUT2D eigenvalue weighted by molar-refractivity contribution is 0.475. The van der Waals surface area contributed by atoms with E-state index in [2.05, 4.69) is 13.8 Å². The maximum absolute atomic E-state index is 9.13. The molecule has 0 amide bonds. The molecule has 0 aliphatic heterocycles. The van der Waals surface area contributed by atoms with Crippen molar-refractivity contribution in [2.75, 3.05) is 0 Å². The molecule has 3 aromatic carbocycles. The number of aromatic hydroxyl groups is 2. The van der Waals surface area contributed by atoms with Crippen LogP contribution in [0.3, 0.4) is 0 Å². The van der Waals surface area contributed by atoms with Gasteiger partial charge in [0, 0.05) is 0 Å². The summed E-state index contributed by atoms with van der Waals surface area (Å²) < 4.78 is 0. The average Bonchev–Trinajstić information content (AvgIpc) is 2.67. The van der Waals surface area contributed by atoms with E-state index in [4.69, 9.17) is 10.2 Å². The lowest BCUT2D eigenvalue weighted by Crippen LogP contribution is -1.69. The van der Waals surface area contributed by atoms with Crippen molar-refractivity contribution >= 4 is 10.8 Å². The molecule has 0 bridgehead atoms. The molecule has 0 fully saturated rings. The summed E-state index contributed by atoms with van der Waals surface area (Å²) in [4.78, 5) is 0. The van der Waals surface area contributed by atoms with E-state index in [0.717, 1.165) is 10.8 Å². The van der Waals surface area contributed by atoms with E-state index in [9.17, 15) is 0 Å². The lowest BCUT2D eigenvalue weighted by Gasteiger charge is -1.96. The number of hydrogen-bond acceptors (Lipinski definition) is 2. The van der Waals surface area contributed by atoms with E-state index in [1.807, 2.05) is 64.1 Å². The summed E-state index contributed by atoms with van der Waals surface area (Å²) >= 11 is 0. The molecule has 0 aliphatic carbocycles. The van der Waals surface area contributed by atoms with Crippen molar-refractivity contribution in [2.45, 2.75) is 48.0 Å². The predicted octanol–water partition coefficient (Wildman–Crippen LogP) is 7.41. The molecule has 0 heterocycles. The number of phenols is 2. The van der Waals surface area contributed by atoms with Crippen LogP contribution in [-0.2, 0) is 0 Å². The van der Waals surface area contributed by atoms with E-state index in [1.54, 1.807) is 36.4 Å². The van der Waals surface area contributed by atoms with Crippen molar-refractivity contribution in [1.82, 2.24) is 0 Å². The summed E-state index contributed by atoms with van der Waals surface area (Å²) in [6.45, 7) is 12.2. The maximum atomic E-state index is 9.13. The molecule has 0 radical (unpaired) electrons. The van der Waals surface area contributed by atoms with Gasteiger partial charge in [-0.2, -0.15) is 0 Å². The highest BCUT2D eigenvalue weighted by molar-refractivity contribution is 5.83. The van der Waals surface area contributed by atoms with Crippen molar-refractivity contribution in [2.24, 2.45) is 0 Å². The van der Waals surface area contributed by atoms with E-state index in [1.165, 1.54) is 6.42 Å². The summed E-state index contributed by atoms with van der Waals surface area (Å²) in [5.41, 5.74) is 0. The third kappa shape index (κ3) is 12.6. The zero-order valence-electron chi connectivity index (χ0n) is 16.5. The maximum Gasteiger partial charge on any atom is 0.116 e. The van der Waals surface area contributed by atoms with Crippen molar-refractivity contribution < 1.29 is 10.2 Å². The standard InChI is InChI=1S/C10H8O.C6H6O.C3H8.2C2H6/c11-10-6-5-8-3-1-2-4-9(8)7-10;7-6-4-2-1-3-5-6;1-3-2;2*1-2/h1-7,11H;1-5,7H;3H2,1-2H3;2*1-2H3. The van der Waals surface area contributed by atoms with Crippen LogP contribution in [0.5, 0.6) is 11.5 Å². The minimum atomic E-state index is 0.322. The third-order valence-electron chi connectivity index (χ3n) is 2.49. The fraction of sp³-hybridized carbons (Fsp3) is 0.304. The summed E-state index contributed by atoms with van der Waals surface area (Å²) in [7, 11) is 0. The number of fused-ring (bicyclic) bond motifs is 1. The molecule has 0 aromatic heterocycles. The third-order valence-corrected chi connectivity index (χ3v) is 2.49. The Kier molecular flexibility index (Phi) is 17.7. The number of phenolic OH excluding ortho intramolecular Hbond substituents is 2. The molecule has 0 atom stereocenters. The zero-order chi connectivity index (χ0) is 19.5. The van der Waals surface area contributed by atoms with Gasteiger partial charge in [-0.3, -0.25) is 0 Å². The monoisotopic (exact) mass is 342 g/mol. The van der Waals surface area contributed by atoms with Crippen LogP contribution in [0.25, 0.3) is 10.8 Å². The van der Waals surface area contributed by atoms with Gasteiger partial charge in [-0.05, 0) is 35.0 Å². The Morgan fingerprint density at radius 1 is 0.560 bits per heavy atom. The summed E-state index contributed by atoms with van der Waals surface area (Å²) in [5, 5.41) is 20.0.